The molecular weight excluding hydrogens is 296 g/mol. The maximum absolute atomic E-state index is 6.19. The molecule has 4 nitrogen and oxygen atoms in total. The molecule has 3 N–H and O–H groups in total. The van der Waals surface area contributed by atoms with Crippen LogP contribution >= 0.6 is 0 Å². The van der Waals surface area contributed by atoms with Crippen LogP contribution in [0.4, 0.5) is 11.4 Å². The van der Waals surface area contributed by atoms with Gasteiger partial charge in [-0.2, -0.15) is 0 Å². The predicted molar refractivity (Wildman–Crippen MR) is 106 cm³/mol. The first-order chi connectivity index (χ1) is 11.5. The minimum atomic E-state index is 0.489. The van der Waals surface area contributed by atoms with E-state index in [-0.39, 0.29) is 0 Å². The van der Waals surface area contributed by atoms with Crippen molar-refractivity contribution in [2.24, 2.45) is 0 Å². The maximum Gasteiger partial charge on any atom is 0.0743 e. The summed E-state index contributed by atoms with van der Waals surface area (Å²) in [6.07, 6.45) is 4.09. The number of nitrogens with one attached hydrogen (secondary N) is 1. The predicted octanol–water partition coefficient (Wildman–Crippen LogP) is 4.44. The zero-order chi connectivity index (χ0) is 17.7. The van der Waals surface area contributed by atoms with Gasteiger partial charge in [0.25, 0.3) is 0 Å². The molecule has 0 saturated carbocycles. The Balaban J connectivity index is 0.00000100. The third-order valence-corrected chi connectivity index (χ3v) is 4.66. The molecule has 1 aromatic heterocycles. The number of hydrogen-bond acceptors (Lipinski definition) is 4. The second kappa shape index (κ2) is 8.34. The van der Waals surface area contributed by atoms with Crippen LogP contribution in [0.3, 0.4) is 0 Å². The third-order valence-electron chi connectivity index (χ3n) is 4.66. The lowest BCUT2D eigenvalue weighted by Crippen LogP contribution is -2.42. The number of likely N-dealkylation sites (tertiary alicyclic amines) is 1. The van der Waals surface area contributed by atoms with Crippen LogP contribution in [0.2, 0.25) is 0 Å². The number of nitrogens with zero attached hydrogens (tertiary/aromatic N) is 2. The van der Waals surface area contributed by atoms with Gasteiger partial charge in [-0.15, -0.1) is 0 Å². The Morgan fingerprint density at radius 1 is 1.21 bits per heavy atom. The summed E-state index contributed by atoms with van der Waals surface area (Å²) < 4.78 is 0. The Hall–Kier alpha value is -1.81. The number of nitrogens with two attached hydrogens (primary N) is 1. The van der Waals surface area contributed by atoms with E-state index in [2.05, 4.69) is 54.2 Å². The van der Waals surface area contributed by atoms with E-state index in [0.717, 1.165) is 48.2 Å². The van der Waals surface area contributed by atoms with Gasteiger partial charge in [0, 0.05) is 30.6 Å². The van der Waals surface area contributed by atoms with E-state index in [9.17, 15) is 0 Å². The van der Waals surface area contributed by atoms with Gasteiger partial charge in [0.2, 0.25) is 0 Å². The van der Waals surface area contributed by atoms with Gasteiger partial charge >= 0.3 is 0 Å². The maximum atomic E-state index is 6.19. The molecule has 0 amide bonds. The monoisotopic (exact) mass is 328 g/mol. The van der Waals surface area contributed by atoms with Gasteiger partial charge in [0.05, 0.1) is 23.1 Å². The summed E-state index contributed by atoms with van der Waals surface area (Å²) in [6, 6.07) is 7.45. The fourth-order valence-corrected chi connectivity index (χ4v) is 3.25. The smallest absolute Gasteiger partial charge is 0.0743 e. The second-order valence-electron chi connectivity index (χ2n) is 6.66. The molecular formula is C20H32N4. The topological polar surface area (TPSA) is 54.2 Å². The first-order valence-corrected chi connectivity index (χ1v) is 9.20. The van der Waals surface area contributed by atoms with Crippen molar-refractivity contribution in [3.05, 3.63) is 30.0 Å². The van der Waals surface area contributed by atoms with Crippen LogP contribution in [0.1, 0.15) is 46.1 Å². The van der Waals surface area contributed by atoms with Crippen molar-refractivity contribution in [3.63, 3.8) is 0 Å². The number of anilines is 2. The van der Waals surface area contributed by atoms with E-state index in [4.69, 9.17) is 5.73 Å². The number of aromatic nitrogens is 1. The lowest BCUT2D eigenvalue weighted by molar-refractivity contribution is 0.177. The standard InChI is InChI=1S/C18H26N4.C2H6/c1-12(2)22-8-6-14(7-9-22)21-18-15-10-13(3)4-5-17(15)20-11-16(18)19;1-2/h4-5,10-12,14H,6-9,19H2,1-3H3,(H,20,21);1-2H3. The van der Waals surface area contributed by atoms with Crippen molar-refractivity contribution in [3.8, 4) is 0 Å². The Morgan fingerprint density at radius 3 is 2.50 bits per heavy atom. The first kappa shape index (κ1) is 18.5. The molecule has 132 valence electrons. The van der Waals surface area contributed by atoms with Gasteiger partial charge in [-0.25, -0.2) is 0 Å². The molecule has 0 unspecified atom stereocenters. The molecule has 1 aliphatic rings. The molecule has 1 aromatic carbocycles. The lowest BCUT2D eigenvalue weighted by atomic mass is 10.0. The number of aryl methyl sites for hydroxylation is 1. The van der Waals surface area contributed by atoms with Gasteiger partial charge in [-0.05, 0) is 45.7 Å². The highest BCUT2D eigenvalue weighted by atomic mass is 15.2. The number of fused-ring (bicyclic) bond motifs is 1. The van der Waals surface area contributed by atoms with Crippen LogP contribution in [0.5, 0.6) is 0 Å². The van der Waals surface area contributed by atoms with Crippen LogP contribution in [-0.2, 0) is 0 Å². The highest BCUT2D eigenvalue weighted by Gasteiger charge is 2.21. The summed E-state index contributed by atoms with van der Waals surface area (Å²) in [6.45, 7) is 12.9. The van der Waals surface area contributed by atoms with E-state index in [1.807, 2.05) is 13.8 Å². The van der Waals surface area contributed by atoms with Crippen LogP contribution in [0.25, 0.3) is 10.9 Å². The molecule has 2 aromatic rings. The van der Waals surface area contributed by atoms with E-state index in [1.165, 1.54) is 5.56 Å². The molecule has 3 rings (SSSR count). The molecule has 2 heterocycles. The van der Waals surface area contributed by atoms with E-state index in [0.29, 0.717) is 12.1 Å². The zero-order valence-corrected chi connectivity index (χ0v) is 15.8. The summed E-state index contributed by atoms with van der Waals surface area (Å²) in [5.41, 5.74) is 10.2. The van der Waals surface area contributed by atoms with Crippen LogP contribution < -0.4 is 11.1 Å². The fraction of sp³-hybridized carbons (Fsp3) is 0.550. The number of pyridine rings is 1. The second-order valence-corrected chi connectivity index (χ2v) is 6.66. The molecule has 1 fully saturated rings. The van der Waals surface area contributed by atoms with Gasteiger partial charge in [0.1, 0.15) is 0 Å². The molecule has 4 heteroatoms. The molecule has 1 saturated heterocycles. The fourth-order valence-electron chi connectivity index (χ4n) is 3.25. The molecule has 0 aliphatic carbocycles. The lowest BCUT2D eigenvalue weighted by Gasteiger charge is -2.35. The van der Waals surface area contributed by atoms with Gasteiger partial charge in [0.15, 0.2) is 0 Å². The van der Waals surface area contributed by atoms with Crippen molar-refractivity contribution < 1.29 is 0 Å². The summed E-state index contributed by atoms with van der Waals surface area (Å²) in [5.74, 6) is 0. The van der Waals surface area contributed by atoms with Gasteiger partial charge in [-0.1, -0.05) is 25.5 Å². The van der Waals surface area contributed by atoms with Gasteiger partial charge < -0.3 is 16.0 Å². The van der Waals surface area contributed by atoms with Crippen molar-refractivity contribution >= 4 is 22.3 Å². The molecule has 24 heavy (non-hydrogen) atoms. The van der Waals surface area contributed by atoms with Crippen molar-refractivity contribution in [2.75, 3.05) is 24.1 Å². The number of nitrogen functional groups attached to an aromatic ring is 1. The average molecular weight is 329 g/mol. The quantitative estimate of drug-likeness (QED) is 0.875. The van der Waals surface area contributed by atoms with Crippen LogP contribution in [0.15, 0.2) is 24.4 Å². The SMILES string of the molecule is CC.Cc1ccc2ncc(N)c(NC3CCN(C(C)C)CC3)c2c1. The summed E-state index contributed by atoms with van der Waals surface area (Å²) in [7, 11) is 0. The normalized spacial score (nSPS) is 16.1. The minimum absolute atomic E-state index is 0.489. The Labute approximate surface area is 146 Å². The highest BCUT2D eigenvalue weighted by Crippen LogP contribution is 2.30. The van der Waals surface area contributed by atoms with Crippen molar-refractivity contribution in [1.82, 2.24) is 9.88 Å². The largest absolute Gasteiger partial charge is 0.396 e. The highest BCUT2D eigenvalue weighted by molar-refractivity contribution is 5.97. The average Bonchev–Trinajstić information content (AvgIpc) is 2.60. The van der Waals surface area contributed by atoms with Crippen molar-refractivity contribution in [1.29, 1.82) is 0 Å². The molecule has 1 aliphatic heterocycles. The van der Waals surface area contributed by atoms with E-state index < -0.39 is 0 Å². The Bertz CT molecular complexity index is 653. The third kappa shape index (κ3) is 4.18. The molecule has 0 spiro atoms. The first-order valence-electron chi connectivity index (χ1n) is 9.20. The summed E-state index contributed by atoms with van der Waals surface area (Å²) >= 11 is 0. The number of piperidine rings is 1. The van der Waals surface area contributed by atoms with Gasteiger partial charge in [-0.3, -0.25) is 4.98 Å². The van der Waals surface area contributed by atoms with Crippen molar-refractivity contribution in [2.45, 2.75) is 59.5 Å². The summed E-state index contributed by atoms with van der Waals surface area (Å²) in [5, 5.41) is 4.82. The zero-order valence-electron chi connectivity index (χ0n) is 15.8. The van der Waals surface area contributed by atoms with Crippen LogP contribution in [0, 0.1) is 6.92 Å². The Kier molecular flexibility index (Phi) is 6.44. The van der Waals surface area contributed by atoms with E-state index in [1.54, 1.807) is 6.20 Å². The number of rotatable bonds is 3. The molecule has 0 atom stereocenters. The molecule has 0 bridgehead atoms. The van der Waals surface area contributed by atoms with Crippen LogP contribution in [-0.4, -0.2) is 35.1 Å². The van der Waals surface area contributed by atoms with E-state index >= 15 is 0 Å². The molecule has 0 radical (unpaired) electrons. The minimum Gasteiger partial charge on any atom is -0.396 e. The number of benzene rings is 1. The Morgan fingerprint density at radius 2 is 1.88 bits per heavy atom. The summed E-state index contributed by atoms with van der Waals surface area (Å²) in [4.78, 5) is 6.98. The number of hydrogen-bond donors (Lipinski definition) is 2.